The average Bonchev–Trinajstić information content (AvgIpc) is 2.54. The van der Waals surface area contributed by atoms with Crippen molar-refractivity contribution in [3.8, 4) is 0 Å². The van der Waals surface area contributed by atoms with E-state index < -0.39 is 0 Å². The van der Waals surface area contributed by atoms with E-state index in [0.717, 1.165) is 24.0 Å². The molecule has 21 heavy (non-hydrogen) atoms. The molecule has 0 amide bonds. The highest BCUT2D eigenvalue weighted by atomic mass is 14.9. The van der Waals surface area contributed by atoms with Gasteiger partial charge in [0, 0.05) is 11.4 Å². The van der Waals surface area contributed by atoms with Gasteiger partial charge >= 0.3 is 0 Å². The third-order valence-electron chi connectivity index (χ3n) is 3.71. The molecule has 0 aliphatic carbocycles. The maximum Gasteiger partial charge on any atom is 0.0703 e. The standard InChI is InChI=1S/C19H20N2/c1-15(11-12-16-7-3-2-4-8-16)21-18-13-17-9-5-6-10-19(17)20-14-18/h2-10,13-15,21H,11-12H2,1H3. The predicted molar refractivity (Wildman–Crippen MR) is 89.6 cm³/mol. The Bertz CT molecular complexity index is 707. The number of hydrogen-bond donors (Lipinski definition) is 1. The van der Waals surface area contributed by atoms with Crippen LogP contribution in [0.4, 0.5) is 5.69 Å². The summed E-state index contributed by atoms with van der Waals surface area (Å²) < 4.78 is 0. The number of anilines is 1. The molecule has 0 saturated carbocycles. The van der Waals surface area contributed by atoms with Gasteiger partial charge in [0.1, 0.15) is 0 Å². The number of nitrogens with zero attached hydrogens (tertiary/aromatic N) is 1. The van der Waals surface area contributed by atoms with Gasteiger partial charge in [0.2, 0.25) is 0 Å². The van der Waals surface area contributed by atoms with Gasteiger partial charge in [-0.3, -0.25) is 4.98 Å². The van der Waals surface area contributed by atoms with E-state index in [0.29, 0.717) is 6.04 Å². The van der Waals surface area contributed by atoms with Crippen molar-refractivity contribution in [1.29, 1.82) is 0 Å². The Morgan fingerprint density at radius 3 is 2.62 bits per heavy atom. The molecule has 0 aliphatic rings. The summed E-state index contributed by atoms with van der Waals surface area (Å²) >= 11 is 0. The maximum absolute atomic E-state index is 4.49. The lowest BCUT2D eigenvalue weighted by molar-refractivity contribution is 0.706. The van der Waals surface area contributed by atoms with Crippen molar-refractivity contribution in [3.05, 3.63) is 72.4 Å². The van der Waals surface area contributed by atoms with E-state index in [9.17, 15) is 0 Å². The SMILES string of the molecule is CC(CCc1ccccc1)Nc1cnc2ccccc2c1. The number of pyridine rings is 1. The first kappa shape index (κ1) is 13.6. The summed E-state index contributed by atoms with van der Waals surface area (Å²) in [6.07, 6.45) is 4.12. The molecule has 1 heterocycles. The Morgan fingerprint density at radius 2 is 1.76 bits per heavy atom. The van der Waals surface area contributed by atoms with Crippen LogP contribution >= 0.6 is 0 Å². The van der Waals surface area contributed by atoms with Crippen LogP contribution in [0, 0.1) is 0 Å². The first-order valence-electron chi connectivity index (χ1n) is 7.46. The van der Waals surface area contributed by atoms with Gasteiger partial charge in [-0.2, -0.15) is 0 Å². The molecule has 1 unspecified atom stereocenters. The van der Waals surface area contributed by atoms with E-state index in [4.69, 9.17) is 0 Å². The second-order valence-electron chi connectivity index (χ2n) is 5.49. The molecule has 0 aliphatic heterocycles. The van der Waals surface area contributed by atoms with Crippen molar-refractivity contribution >= 4 is 16.6 Å². The molecular weight excluding hydrogens is 256 g/mol. The lowest BCUT2D eigenvalue weighted by Gasteiger charge is -2.15. The fourth-order valence-corrected chi connectivity index (χ4v) is 2.53. The van der Waals surface area contributed by atoms with Crippen LogP contribution in [0.3, 0.4) is 0 Å². The molecule has 0 radical (unpaired) electrons. The van der Waals surface area contributed by atoms with Crippen molar-refractivity contribution in [1.82, 2.24) is 4.98 Å². The van der Waals surface area contributed by atoms with E-state index in [1.54, 1.807) is 0 Å². The van der Waals surface area contributed by atoms with Crippen LogP contribution in [0.1, 0.15) is 18.9 Å². The zero-order valence-electron chi connectivity index (χ0n) is 12.3. The zero-order chi connectivity index (χ0) is 14.5. The Labute approximate surface area is 125 Å². The smallest absolute Gasteiger partial charge is 0.0703 e. The highest BCUT2D eigenvalue weighted by Crippen LogP contribution is 2.17. The molecule has 3 rings (SSSR count). The van der Waals surface area contributed by atoms with Crippen molar-refractivity contribution < 1.29 is 0 Å². The fraction of sp³-hybridized carbons (Fsp3) is 0.211. The van der Waals surface area contributed by atoms with Crippen LogP contribution in [0.5, 0.6) is 0 Å². The Hall–Kier alpha value is -2.35. The number of aromatic nitrogens is 1. The summed E-state index contributed by atoms with van der Waals surface area (Å²) in [5, 5.41) is 4.72. The second kappa shape index (κ2) is 6.40. The second-order valence-corrected chi connectivity index (χ2v) is 5.49. The Balaban J connectivity index is 1.62. The number of benzene rings is 2. The number of para-hydroxylation sites is 1. The van der Waals surface area contributed by atoms with Crippen molar-refractivity contribution in [3.63, 3.8) is 0 Å². The van der Waals surface area contributed by atoms with Crippen LogP contribution in [-0.4, -0.2) is 11.0 Å². The molecule has 0 spiro atoms. The number of aryl methyl sites for hydroxylation is 1. The molecule has 1 N–H and O–H groups in total. The highest BCUT2D eigenvalue weighted by Gasteiger charge is 2.04. The molecule has 1 aromatic heterocycles. The largest absolute Gasteiger partial charge is 0.381 e. The monoisotopic (exact) mass is 276 g/mol. The van der Waals surface area contributed by atoms with Gasteiger partial charge in [0.15, 0.2) is 0 Å². The minimum absolute atomic E-state index is 0.424. The van der Waals surface area contributed by atoms with E-state index in [2.05, 4.69) is 59.7 Å². The number of hydrogen-bond acceptors (Lipinski definition) is 2. The first-order chi connectivity index (χ1) is 10.3. The van der Waals surface area contributed by atoms with Crippen LogP contribution in [0.25, 0.3) is 10.9 Å². The Kier molecular flexibility index (Phi) is 4.15. The van der Waals surface area contributed by atoms with Crippen molar-refractivity contribution in [2.75, 3.05) is 5.32 Å². The van der Waals surface area contributed by atoms with Gasteiger partial charge in [0.25, 0.3) is 0 Å². The minimum Gasteiger partial charge on any atom is -0.381 e. The molecule has 106 valence electrons. The molecule has 2 nitrogen and oxygen atoms in total. The predicted octanol–water partition coefficient (Wildman–Crippen LogP) is 4.67. The molecule has 0 bridgehead atoms. The molecule has 3 aromatic rings. The summed E-state index contributed by atoms with van der Waals surface area (Å²) in [6.45, 7) is 2.22. The van der Waals surface area contributed by atoms with Crippen LogP contribution in [0.2, 0.25) is 0 Å². The maximum atomic E-state index is 4.49. The van der Waals surface area contributed by atoms with E-state index in [1.165, 1.54) is 10.9 Å². The molecule has 1 atom stereocenters. The van der Waals surface area contributed by atoms with Crippen LogP contribution in [-0.2, 0) is 6.42 Å². The number of nitrogens with one attached hydrogen (secondary N) is 1. The first-order valence-corrected chi connectivity index (χ1v) is 7.46. The molecule has 2 aromatic carbocycles. The van der Waals surface area contributed by atoms with Crippen molar-refractivity contribution in [2.24, 2.45) is 0 Å². The van der Waals surface area contributed by atoms with Crippen LogP contribution < -0.4 is 5.32 Å². The third-order valence-corrected chi connectivity index (χ3v) is 3.71. The number of fused-ring (bicyclic) bond motifs is 1. The van der Waals surface area contributed by atoms with Gasteiger partial charge < -0.3 is 5.32 Å². The van der Waals surface area contributed by atoms with Gasteiger partial charge in [-0.05, 0) is 37.5 Å². The summed E-state index contributed by atoms with van der Waals surface area (Å²) in [6, 6.07) is 21.4. The molecular formula is C19H20N2. The van der Waals surface area contributed by atoms with E-state index in [-0.39, 0.29) is 0 Å². The van der Waals surface area contributed by atoms with E-state index in [1.807, 2.05) is 24.4 Å². The Morgan fingerprint density at radius 1 is 1.00 bits per heavy atom. The summed E-state index contributed by atoms with van der Waals surface area (Å²) in [5.74, 6) is 0. The summed E-state index contributed by atoms with van der Waals surface area (Å²) in [5.41, 5.74) is 3.53. The van der Waals surface area contributed by atoms with Crippen molar-refractivity contribution in [2.45, 2.75) is 25.8 Å². The molecule has 0 fully saturated rings. The molecule has 2 heteroatoms. The van der Waals surface area contributed by atoms with Gasteiger partial charge in [-0.15, -0.1) is 0 Å². The quantitative estimate of drug-likeness (QED) is 0.732. The summed E-state index contributed by atoms with van der Waals surface area (Å²) in [4.78, 5) is 4.49. The van der Waals surface area contributed by atoms with Gasteiger partial charge in [-0.25, -0.2) is 0 Å². The third kappa shape index (κ3) is 3.60. The fourth-order valence-electron chi connectivity index (χ4n) is 2.53. The van der Waals surface area contributed by atoms with Gasteiger partial charge in [0.05, 0.1) is 17.4 Å². The number of rotatable bonds is 5. The summed E-state index contributed by atoms with van der Waals surface area (Å²) in [7, 11) is 0. The van der Waals surface area contributed by atoms with E-state index >= 15 is 0 Å². The lowest BCUT2D eigenvalue weighted by atomic mass is 10.1. The zero-order valence-corrected chi connectivity index (χ0v) is 12.3. The van der Waals surface area contributed by atoms with Crippen LogP contribution in [0.15, 0.2) is 66.9 Å². The normalized spacial score (nSPS) is 12.2. The average molecular weight is 276 g/mol. The molecule has 0 saturated heterocycles. The minimum atomic E-state index is 0.424. The topological polar surface area (TPSA) is 24.9 Å². The lowest BCUT2D eigenvalue weighted by Crippen LogP contribution is -2.16. The van der Waals surface area contributed by atoms with Gasteiger partial charge in [-0.1, -0.05) is 48.5 Å². The highest BCUT2D eigenvalue weighted by molar-refractivity contribution is 5.81.